The van der Waals surface area contributed by atoms with Crippen molar-refractivity contribution in [3.05, 3.63) is 52.6 Å². The highest BCUT2D eigenvalue weighted by atomic mass is 35.5. The van der Waals surface area contributed by atoms with E-state index in [1.807, 2.05) is 0 Å². The van der Waals surface area contributed by atoms with Gasteiger partial charge in [0.05, 0.1) is 11.1 Å². The molecule has 2 aromatic carbocycles. The lowest BCUT2D eigenvalue weighted by molar-refractivity contribution is -0.113. The summed E-state index contributed by atoms with van der Waals surface area (Å²) >= 11 is 5.40. The van der Waals surface area contributed by atoms with Gasteiger partial charge >= 0.3 is 0 Å². The fourth-order valence-corrected chi connectivity index (χ4v) is 2.62. The summed E-state index contributed by atoms with van der Waals surface area (Å²) in [5.41, 5.74) is -0.192. The zero-order valence-corrected chi connectivity index (χ0v) is 12.3. The Morgan fingerprint density at radius 1 is 1.00 bits per heavy atom. The highest BCUT2D eigenvalue weighted by molar-refractivity contribution is 6.31. The molecule has 0 bridgehead atoms. The Hall–Kier alpha value is -2.86. The van der Waals surface area contributed by atoms with Gasteiger partial charge in [-0.05, 0) is 12.1 Å². The first-order valence-corrected chi connectivity index (χ1v) is 7.11. The molecule has 0 aromatic heterocycles. The molecular weight excluding hydrogens is 322 g/mol. The van der Waals surface area contributed by atoms with Gasteiger partial charge in [0, 0.05) is 22.9 Å². The highest BCUT2D eigenvalue weighted by Gasteiger charge is 2.34. The maximum Gasteiger partial charge on any atom is 0.239 e. The number of ketones is 2. The molecule has 7 heteroatoms. The summed E-state index contributed by atoms with van der Waals surface area (Å²) < 4.78 is 0. The average Bonchev–Trinajstić information content (AvgIpc) is 2.51. The molecule has 0 radical (unpaired) electrons. The minimum atomic E-state index is -0.652. The quantitative estimate of drug-likeness (QED) is 0.623. The third kappa shape index (κ3) is 2.33. The van der Waals surface area contributed by atoms with Gasteiger partial charge < -0.3 is 15.5 Å². The van der Waals surface area contributed by atoms with Crippen LogP contribution in [0.15, 0.2) is 30.3 Å². The first kappa shape index (κ1) is 15.1. The second-order valence-corrected chi connectivity index (χ2v) is 5.22. The van der Waals surface area contributed by atoms with E-state index in [9.17, 15) is 24.6 Å². The summed E-state index contributed by atoms with van der Waals surface area (Å²) in [6, 6.07) is 6.61. The number of halogens is 1. The number of anilines is 1. The summed E-state index contributed by atoms with van der Waals surface area (Å²) in [6.45, 7) is 0. The molecule has 0 saturated carbocycles. The van der Waals surface area contributed by atoms with Crippen molar-refractivity contribution in [2.24, 2.45) is 0 Å². The molecular formula is C16H10ClNO5. The Labute approximate surface area is 135 Å². The van der Waals surface area contributed by atoms with Crippen LogP contribution in [0.3, 0.4) is 0 Å². The number of carbonyl (C=O) groups is 3. The number of hydrogen-bond acceptors (Lipinski definition) is 5. The first-order chi connectivity index (χ1) is 10.9. The largest absolute Gasteiger partial charge is 0.507 e. The maximum absolute atomic E-state index is 12.6. The third-order valence-corrected chi connectivity index (χ3v) is 3.75. The number of amides is 1. The molecule has 23 heavy (non-hydrogen) atoms. The molecule has 0 atom stereocenters. The molecule has 1 aliphatic carbocycles. The number of carbonyl (C=O) groups excluding carboxylic acids is 3. The van der Waals surface area contributed by atoms with Crippen molar-refractivity contribution >= 4 is 34.8 Å². The van der Waals surface area contributed by atoms with E-state index in [0.29, 0.717) is 0 Å². The van der Waals surface area contributed by atoms with Gasteiger partial charge in [-0.3, -0.25) is 14.4 Å². The fraction of sp³-hybridized carbons (Fsp3) is 0.0625. The van der Waals surface area contributed by atoms with E-state index in [2.05, 4.69) is 5.32 Å². The van der Waals surface area contributed by atoms with Gasteiger partial charge in [-0.15, -0.1) is 11.6 Å². The second kappa shape index (κ2) is 5.40. The number of benzene rings is 2. The van der Waals surface area contributed by atoms with Gasteiger partial charge in [0.2, 0.25) is 11.7 Å². The predicted molar refractivity (Wildman–Crippen MR) is 82.4 cm³/mol. The van der Waals surface area contributed by atoms with Crippen LogP contribution in [-0.4, -0.2) is 33.6 Å². The van der Waals surface area contributed by atoms with Crippen molar-refractivity contribution < 1.29 is 24.6 Å². The first-order valence-electron chi connectivity index (χ1n) is 6.58. The maximum atomic E-state index is 12.6. The second-order valence-electron chi connectivity index (χ2n) is 4.96. The average molecular weight is 332 g/mol. The number of phenolic OH excluding ortho intramolecular Hbond substituents is 2. The van der Waals surface area contributed by atoms with Gasteiger partial charge in [-0.25, -0.2) is 0 Å². The number of rotatable bonds is 2. The van der Waals surface area contributed by atoms with Gasteiger partial charge in [-0.2, -0.15) is 0 Å². The van der Waals surface area contributed by atoms with E-state index in [1.165, 1.54) is 24.3 Å². The molecule has 0 aliphatic heterocycles. The van der Waals surface area contributed by atoms with Crippen molar-refractivity contribution in [1.29, 1.82) is 0 Å². The van der Waals surface area contributed by atoms with Crippen LogP contribution in [0, 0.1) is 0 Å². The summed E-state index contributed by atoms with van der Waals surface area (Å²) in [5, 5.41) is 22.3. The van der Waals surface area contributed by atoms with Crippen molar-refractivity contribution in [3.63, 3.8) is 0 Å². The van der Waals surface area contributed by atoms with E-state index in [4.69, 9.17) is 11.6 Å². The van der Waals surface area contributed by atoms with Gasteiger partial charge in [-0.1, -0.05) is 12.1 Å². The number of aromatic hydroxyl groups is 2. The van der Waals surface area contributed by atoms with E-state index < -0.39 is 23.2 Å². The molecule has 6 nitrogen and oxygen atoms in total. The van der Waals surface area contributed by atoms with Crippen LogP contribution in [0.25, 0.3) is 0 Å². The Morgan fingerprint density at radius 3 is 2.39 bits per heavy atom. The predicted octanol–water partition coefficient (Wildman–Crippen LogP) is 2.05. The van der Waals surface area contributed by atoms with E-state index in [-0.39, 0.29) is 39.6 Å². The molecule has 0 unspecified atom stereocenters. The lowest BCUT2D eigenvalue weighted by Crippen LogP contribution is -2.22. The van der Waals surface area contributed by atoms with Crippen molar-refractivity contribution in [2.75, 3.05) is 11.2 Å². The van der Waals surface area contributed by atoms with Crippen LogP contribution in [0.4, 0.5) is 5.69 Å². The summed E-state index contributed by atoms with van der Waals surface area (Å²) in [6.07, 6.45) is 0. The molecule has 0 saturated heterocycles. The van der Waals surface area contributed by atoms with Crippen molar-refractivity contribution in [3.8, 4) is 11.5 Å². The van der Waals surface area contributed by atoms with Crippen molar-refractivity contribution in [1.82, 2.24) is 0 Å². The van der Waals surface area contributed by atoms with Crippen LogP contribution in [0.5, 0.6) is 11.5 Å². The molecule has 0 spiro atoms. The van der Waals surface area contributed by atoms with Crippen LogP contribution in [0.2, 0.25) is 0 Å². The van der Waals surface area contributed by atoms with E-state index >= 15 is 0 Å². The van der Waals surface area contributed by atoms with Crippen LogP contribution >= 0.6 is 11.6 Å². The van der Waals surface area contributed by atoms with Crippen LogP contribution in [-0.2, 0) is 4.79 Å². The fourth-order valence-electron chi connectivity index (χ4n) is 2.55. The Balaban J connectivity index is 2.19. The monoisotopic (exact) mass is 331 g/mol. The molecule has 116 valence electrons. The summed E-state index contributed by atoms with van der Waals surface area (Å²) in [5.74, 6) is -2.77. The molecule has 1 aliphatic rings. The van der Waals surface area contributed by atoms with Crippen LogP contribution in [0.1, 0.15) is 31.8 Å². The number of nitrogens with one attached hydrogen (secondary N) is 1. The molecule has 1 amide bonds. The number of alkyl halides is 1. The normalized spacial score (nSPS) is 12.6. The van der Waals surface area contributed by atoms with Crippen LogP contribution < -0.4 is 5.32 Å². The highest BCUT2D eigenvalue weighted by Crippen LogP contribution is 2.38. The molecule has 0 heterocycles. The Morgan fingerprint density at radius 2 is 1.70 bits per heavy atom. The smallest absolute Gasteiger partial charge is 0.239 e. The SMILES string of the molecule is O=C(CCl)Nc1cc(O)c2c(c1)C(=O)c1cccc(O)c1C2=O. The number of fused-ring (bicyclic) bond motifs is 2. The Bertz CT molecular complexity index is 875. The minimum Gasteiger partial charge on any atom is -0.507 e. The molecule has 2 aromatic rings. The lowest BCUT2D eigenvalue weighted by atomic mass is 9.83. The van der Waals surface area contributed by atoms with E-state index in [1.54, 1.807) is 0 Å². The standard InChI is InChI=1S/C16H10ClNO5/c17-6-12(21)18-7-4-9-14(11(20)5-7)16(23)13-8(15(9)22)2-1-3-10(13)19/h1-5,19-20H,6H2,(H,18,21). The zero-order chi connectivity index (χ0) is 16.7. The minimum absolute atomic E-state index is 0.0435. The number of hydrogen-bond donors (Lipinski definition) is 3. The topological polar surface area (TPSA) is 104 Å². The molecule has 0 fully saturated rings. The Kier molecular flexibility index (Phi) is 3.54. The molecule has 3 N–H and O–H groups in total. The van der Waals surface area contributed by atoms with Gasteiger partial charge in [0.25, 0.3) is 0 Å². The van der Waals surface area contributed by atoms with Crippen molar-refractivity contribution in [2.45, 2.75) is 0 Å². The van der Waals surface area contributed by atoms with Gasteiger partial charge in [0.15, 0.2) is 5.78 Å². The zero-order valence-electron chi connectivity index (χ0n) is 11.6. The third-order valence-electron chi connectivity index (χ3n) is 3.51. The van der Waals surface area contributed by atoms with Gasteiger partial charge in [0.1, 0.15) is 17.4 Å². The number of phenols is 2. The summed E-state index contributed by atoms with van der Waals surface area (Å²) in [7, 11) is 0. The summed E-state index contributed by atoms with van der Waals surface area (Å²) in [4.78, 5) is 36.4. The van der Waals surface area contributed by atoms with E-state index in [0.717, 1.165) is 6.07 Å². The lowest BCUT2D eigenvalue weighted by Gasteiger charge is -2.20. The molecule has 3 rings (SSSR count).